The van der Waals surface area contributed by atoms with Gasteiger partial charge in [-0.1, -0.05) is 35.9 Å². The number of hydrogen-bond acceptors (Lipinski definition) is 5. The monoisotopic (exact) mass is 410 g/mol. The molecular formula is C23H26N2O5. The summed E-state index contributed by atoms with van der Waals surface area (Å²) in [6.45, 7) is 3.92. The van der Waals surface area contributed by atoms with Gasteiger partial charge < -0.3 is 14.4 Å². The predicted octanol–water partition coefficient (Wildman–Crippen LogP) is 3.00. The van der Waals surface area contributed by atoms with Crippen LogP contribution in [0.15, 0.2) is 42.5 Å². The van der Waals surface area contributed by atoms with Crippen molar-refractivity contribution in [3.63, 3.8) is 0 Å². The number of nitrogens with one attached hydrogen (secondary N) is 1. The third kappa shape index (κ3) is 4.17. The van der Waals surface area contributed by atoms with E-state index in [0.29, 0.717) is 31.1 Å². The Hall–Kier alpha value is -2.90. The molecule has 1 fully saturated rings. The number of fused-ring (bicyclic) bond motifs is 1. The molecule has 158 valence electrons. The van der Waals surface area contributed by atoms with Crippen molar-refractivity contribution >= 4 is 11.8 Å². The Kier molecular flexibility index (Phi) is 6.01. The van der Waals surface area contributed by atoms with Crippen molar-refractivity contribution in [1.29, 1.82) is 0 Å². The average molecular weight is 410 g/mol. The van der Waals surface area contributed by atoms with Crippen LogP contribution in [0.5, 0.6) is 5.75 Å². The zero-order valence-electron chi connectivity index (χ0n) is 17.0. The highest BCUT2D eigenvalue weighted by atomic mass is 16.5. The molecule has 0 bridgehead atoms. The molecule has 2 aromatic rings. The van der Waals surface area contributed by atoms with Crippen LogP contribution < -0.4 is 10.2 Å². The van der Waals surface area contributed by atoms with Gasteiger partial charge >= 0.3 is 0 Å². The zero-order valence-corrected chi connectivity index (χ0v) is 17.0. The SMILES string of the molecule is Cc1ccc(C2COc3cc(C(=O)NO)ccc3CN2C(=O)C2CCOCC2)cc1. The molecule has 7 nitrogen and oxygen atoms in total. The van der Waals surface area contributed by atoms with Gasteiger partial charge in [0.2, 0.25) is 5.91 Å². The molecule has 0 saturated carbocycles. The molecule has 30 heavy (non-hydrogen) atoms. The van der Waals surface area contributed by atoms with E-state index in [9.17, 15) is 9.59 Å². The maximum absolute atomic E-state index is 13.5. The first kappa shape index (κ1) is 20.4. The zero-order chi connectivity index (χ0) is 21.1. The van der Waals surface area contributed by atoms with Crippen molar-refractivity contribution in [3.8, 4) is 5.75 Å². The Morgan fingerprint density at radius 2 is 1.83 bits per heavy atom. The normalized spacial score (nSPS) is 19.4. The average Bonchev–Trinajstić information content (AvgIpc) is 2.98. The van der Waals surface area contributed by atoms with Crippen molar-refractivity contribution in [2.45, 2.75) is 32.4 Å². The summed E-state index contributed by atoms with van der Waals surface area (Å²) in [6, 6.07) is 12.9. The van der Waals surface area contributed by atoms with E-state index in [4.69, 9.17) is 14.7 Å². The number of carbonyl (C=O) groups excluding carboxylic acids is 2. The lowest BCUT2D eigenvalue weighted by Gasteiger charge is -2.34. The molecule has 2 aliphatic rings. The molecule has 2 aromatic carbocycles. The van der Waals surface area contributed by atoms with E-state index < -0.39 is 5.91 Å². The van der Waals surface area contributed by atoms with Crippen LogP contribution in [0.25, 0.3) is 0 Å². The number of rotatable bonds is 3. The van der Waals surface area contributed by atoms with E-state index in [1.165, 1.54) is 0 Å². The third-order valence-corrected chi connectivity index (χ3v) is 5.86. The molecule has 0 aromatic heterocycles. The first-order chi connectivity index (χ1) is 14.6. The summed E-state index contributed by atoms with van der Waals surface area (Å²) in [6.07, 6.45) is 1.44. The molecule has 7 heteroatoms. The molecule has 1 atom stereocenters. The lowest BCUT2D eigenvalue weighted by Crippen LogP contribution is -2.41. The van der Waals surface area contributed by atoms with Crippen LogP contribution in [-0.2, 0) is 16.1 Å². The summed E-state index contributed by atoms with van der Waals surface area (Å²) in [4.78, 5) is 27.2. The van der Waals surface area contributed by atoms with Crippen LogP contribution >= 0.6 is 0 Å². The molecule has 2 heterocycles. The van der Waals surface area contributed by atoms with Crippen LogP contribution in [0.1, 0.15) is 45.9 Å². The Morgan fingerprint density at radius 1 is 1.10 bits per heavy atom. The van der Waals surface area contributed by atoms with E-state index in [2.05, 4.69) is 0 Å². The molecule has 4 rings (SSSR count). The van der Waals surface area contributed by atoms with Crippen molar-refractivity contribution < 1.29 is 24.3 Å². The van der Waals surface area contributed by atoms with Crippen LogP contribution in [0.3, 0.4) is 0 Å². The molecule has 0 aliphatic carbocycles. The number of nitrogens with zero attached hydrogens (tertiary/aromatic N) is 1. The number of amides is 2. The van der Waals surface area contributed by atoms with Crippen LogP contribution in [0.4, 0.5) is 0 Å². The van der Waals surface area contributed by atoms with Crippen LogP contribution in [0, 0.1) is 12.8 Å². The molecule has 2 aliphatic heterocycles. The van der Waals surface area contributed by atoms with Gasteiger partial charge in [-0.2, -0.15) is 0 Å². The maximum Gasteiger partial charge on any atom is 0.274 e. The number of benzene rings is 2. The smallest absolute Gasteiger partial charge is 0.274 e. The fourth-order valence-corrected chi connectivity index (χ4v) is 4.05. The van der Waals surface area contributed by atoms with Gasteiger partial charge in [-0.25, -0.2) is 5.48 Å². The van der Waals surface area contributed by atoms with Gasteiger partial charge in [0.1, 0.15) is 12.4 Å². The number of aryl methyl sites for hydroxylation is 1. The number of hydrogen-bond donors (Lipinski definition) is 2. The minimum Gasteiger partial charge on any atom is -0.491 e. The largest absolute Gasteiger partial charge is 0.491 e. The number of hydroxylamine groups is 1. The van der Waals surface area contributed by atoms with Crippen molar-refractivity contribution in [2.75, 3.05) is 19.8 Å². The Balaban J connectivity index is 1.68. The first-order valence-corrected chi connectivity index (χ1v) is 10.2. The van der Waals surface area contributed by atoms with Gasteiger partial charge in [-0.15, -0.1) is 0 Å². The lowest BCUT2D eigenvalue weighted by molar-refractivity contribution is -0.142. The van der Waals surface area contributed by atoms with Gasteiger partial charge in [-0.3, -0.25) is 14.8 Å². The van der Waals surface area contributed by atoms with Gasteiger partial charge in [-0.05, 0) is 37.5 Å². The summed E-state index contributed by atoms with van der Waals surface area (Å²) in [5, 5.41) is 8.92. The number of carbonyl (C=O) groups is 2. The fourth-order valence-electron chi connectivity index (χ4n) is 4.05. The Bertz CT molecular complexity index is 922. The second-order valence-corrected chi connectivity index (χ2v) is 7.85. The predicted molar refractivity (Wildman–Crippen MR) is 109 cm³/mol. The van der Waals surface area contributed by atoms with Gasteiger partial charge in [0.15, 0.2) is 0 Å². The van der Waals surface area contributed by atoms with Gasteiger partial charge in [0.05, 0.1) is 12.6 Å². The quantitative estimate of drug-likeness (QED) is 0.600. The summed E-state index contributed by atoms with van der Waals surface area (Å²) in [5.74, 6) is -0.00319. The van der Waals surface area contributed by atoms with E-state index in [-0.39, 0.29) is 24.5 Å². The topological polar surface area (TPSA) is 88.1 Å². The standard InChI is InChI=1S/C23H26N2O5/c1-15-2-4-16(5-3-15)20-14-30-21-12-18(22(26)24-28)6-7-19(21)13-25(20)23(27)17-8-10-29-11-9-17/h2-7,12,17,20,28H,8-11,13-14H2,1H3,(H,24,26). The van der Waals surface area contributed by atoms with Crippen molar-refractivity contribution in [2.24, 2.45) is 5.92 Å². The summed E-state index contributed by atoms with van der Waals surface area (Å²) >= 11 is 0. The summed E-state index contributed by atoms with van der Waals surface area (Å²) in [5.41, 5.74) is 4.94. The number of ether oxygens (including phenoxy) is 2. The van der Waals surface area contributed by atoms with E-state index in [1.54, 1.807) is 23.7 Å². The van der Waals surface area contributed by atoms with E-state index in [1.807, 2.05) is 36.1 Å². The highest BCUT2D eigenvalue weighted by Crippen LogP contribution is 2.34. The first-order valence-electron chi connectivity index (χ1n) is 10.2. The summed E-state index contributed by atoms with van der Waals surface area (Å²) < 4.78 is 11.5. The van der Waals surface area contributed by atoms with Gasteiger partial charge in [0.25, 0.3) is 5.91 Å². The fraction of sp³-hybridized carbons (Fsp3) is 0.391. The maximum atomic E-state index is 13.5. The highest BCUT2D eigenvalue weighted by Gasteiger charge is 2.34. The Morgan fingerprint density at radius 3 is 2.53 bits per heavy atom. The molecule has 1 unspecified atom stereocenters. The highest BCUT2D eigenvalue weighted by molar-refractivity contribution is 5.93. The lowest BCUT2D eigenvalue weighted by atomic mass is 9.95. The van der Waals surface area contributed by atoms with Crippen molar-refractivity contribution in [1.82, 2.24) is 10.4 Å². The molecule has 2 amide bonds. The molecular weight excluding hydrogens is 384 g/mol. The second-order valence-electron chi connectivity index (χ2n) is 7.85. The van der Waals surface area contributed by atoms with Crippen LogP contribution in [0.2, 0.25) is 0 Å². The molecule has 0 radical (unpaired) electrons. The van der Waals surface area contributed by atoms with Gasteiger partial charge in [0, 0.05) is 30.3 Å². The third-order valence-electron chi connectivity index (χ3n) is 5.86. The molecule has 0 spiro atoms. The Labute approximate surface area is 175 Å². The molecule has 1 saturated heterocycles. The second kappa shape index (κ2) is 8.85. The minimum absolute atomic E-state index is 0.0623. The minimum atomic E-state index is -0.601. The van der Waals surface area contributed by atoms with E-state index >= 15 is 0 Å². The molecule has 2 N–H and O–H groups in total. The van der Waals surface area contributed by atoms with Crippen molar-refractivity contribution in [3.05, 3.63) is 64.7 Å². The van der Waals surface area contributed by atoms with Crippen LogP contribution in [-0.4, -0.2) is 41.7 Å². The summed E-state index contributed by atoms with van der Waals surface area (Å²) in [7, 11) is 0. The van der Waals surface area contributed by atoms with E-state index in [0.717, 1.165) is 29.5 Å².